The molecule has 2 unspecified atom stereocenters. The largest absolute Gasteiger partial charge is 0.462 e. The molecule has 8 nitrogen and oxygen atoms in total. The number of hydrogen-bond acceptors (Lipinski definition) is 6. The van der Waals surface area contributed by atoms with Gasteiger partial charge in [0.15, 0.2) is 5.58 Å². The summed E-state index contributed by atoms with van der Waals surface area (Å²) in [6.07, 6.45) is 1.41. The first-order chi connectivity index (χ1) is 15.8. The lowest BCUT2D eigenvalue weighted by Crippen LogP contribution is -2.42. The van der Waals surface area contributed by atoms with E-state index in [9.17, 15) is 18.0 Å². The van der Waals surface area contributed by atoms with Gasteiger partial charge >= 0.3 is 11.7 Å². The van der Waals surface area contributed by atoms with E-state index in [2.05, 4.69) is 0 Å². The molecular formula is C24H28N2O6S. The highest BCUT2D eigenvalue weighted by Crippen LogP contribution is 2.27. The summed E-state index contributed by atoms with van der Waals surface area (Å²) < 4.78 is 39.8. The molecule has 1 aliphatic rings. The fourth-order valence-corrected chi connectivity index (χ4v) is 6.16. The van der Waals surface area contributed by atoms with E-state index in [-0.39, 0.29) is 28.9 Å². The Labute approximate surface area is 192 Å². The third-order valence-corrected chi connectivity index (χ3v) is 7.70. The zero-order chi connectivity index (χ0) is 23.6. The Kier molecular flexibility index (Phi) is 6.71. The third kappa shape index (κ3) is 5.04. The number of fused-ring (bicyclic) bond motifs is 1. The number of esters is 1. The number of hydrogen-bond donors (Lipinski definition) is 0. The minimum absolute atomic E-state index is 0.0862. The van der Waals surface area contributed by atoms with Crippen molar-refractivity contribution in [2.45, 2.75) is 38.1 Å². The summed E-state index contributed by atoms with van der Waals surface area (Å²) in [5.41, 5.74) is 1.38. The lowest BCUT2D eigenvalue weighted by atomic mass is 9.94. The van der Waals surface area contributed by atoms with Crippen LogP contribution in [-0.2, 0) is 21.3 Å². The maximum Gasteiger partial charge on any atom is 0.419 e. The molecule has 0 saturated carbocycles. The van der Waals surface area contributed by atoms with Crippen LogP contribution in [0.3, 0.4) is 0 Å². The van der Waals surface area contributed by atoms with Crippen LogP contribution in [0, 0.1) is 11.8 Å². The van der Waals surface area contributed by atoms with Gasteiger partial charge in [0, 0.05) is 19.6 Å². The smallest absolute Gasteiger partial charge is 0.419 e. The Morgan fingerprint density at radius 2 is 1.82 bits per heavy atom. The lowest BCUT2D eigenvalue weighted by molar-refractivity contribution is 0.0495. The molecule has 1 aliphatic heterocycles. The molecule has 0 amide bonds. The molecule has 2 atom stereocenters. The summed E-state index contributed by atoms with van der Waals surface area (Å²) in [6, 6.07) is 13.1. The molecule has 9 heteroatoms. The van der Waals surface area contributed by atoms with Crippen molar-refractivity contribution >= 4 is 27.1 Å². The number of piperidine rings is 1. The van der Waals surface area contributed by atoms with Gasteiger partial charge in [-0.15, -0.1) is 0 Å². The topological polar surface area (TPSA) is 98.8 Å². The van der Waals surface area contributed by atoms with Crippen LogP contribution in [0.25, 0.3) is 11.1 Å². The van der Waals surface area contributed by atoms with Crippen LogP contribution in [0.2, 0.25) is 0 Å². The number of carbonyl (C=O) groups is 1. The maximum atomic E-state index is 13.1. The summed E-state index contributed by atoms with van der Waals surface area (Å²) in [4.78, 5) is 24.6. The molecule has 1 aromatic heterocycles. The zero-order valence-electron chi connectivity index (χ0n) is 18.8. The number of carbonyl (C=O) groups excluding carboxylic acids is 1. The van der Waals surface area contributed by atoms with Crippen LogP contribution in [0.4, 0.5) is 0 Å². The van der Waals surface area contributed by atoms with Crippen LogP contribution < -0.4 is 5.76 Å². The fourth-order valence-electron chi connectivity index (χ4n) is 4.43. The quantitative estimate of drug-likeness (QED) is 0.385. The first-order valence-electron chi connectivity index (χ1n) is 11.1. The number of sulfonamides is 1. The van der Waals surface area contributed by atoms with E-state index in [1.54, 1.807) is 24.3 Å². The average Bonchev–Trinajstić information content (AvgIpc) is 3.11. The fraction of sp³-hybridized carbons (Fsp3) is 0.417. The molecule has 176 valence electrons. The van der Waals surface area contributed by atoms with Gasteiger partial charge in [-0.1, -0.05) is 32.0 Å². The summed E-state index contributed by atoms with van der Waals surface area (Å²) in [5, 5.41) is 0. The Balaban J connectivity index is 1.38. The van der Waals surface area contributed by atoms with Gasteiger partial charge in [-0.2, -0.15) is 4.31 Å². The summed E-state index contributed by atoms with van der Waals surface area (Å²) in [5.74, 6) is -0.480. The standard InChI is InChI=1S/C24H28N2O6S/c1-17-13-18(2)16-25(15-17)33(29,30)20-8-5-7-19(14-20)23(27)31-12-6-11-26-21-9-3-4-10-22(21)32-24(26)28/h3-5,7-10,14,17-18H,6,11-13,15-16H2,1-2H3. The Bertz CT molecular complexity index is 1300. The number of ether oxygens (including phenoxy) is 1. The minimum atomic E-state index is -3.69. The van der Waals surface area contributed by atoms with E-state index < -0.39 is 21.7 Å². The average molecular weight is 473 g/mol. The van der Waals surface area contributed by atoms with Crippen LogP contribution in [0.15, 0.2) is 62.6 Å². The van der Waals surface area contributed by atoms with E-state index in [0.717, 1.165) is 6.42 Å². The first kappa shape index (κ1) is 23.3. The summed E-state index contributed by atoms with van der Waals surface area (Å²) >= 11 is 0. The van der Waals surface area contributed by atoms with Crippen molar-refractivity contribution in [3.05, 3.63) is 64.6 Å². The molecule has 0 spiro atoms. The highest BCUT2D eigenvalue weighted by Gasteiger charge is 2.32. The van der Waals surface area contributed by atoms with Crippen molar-refractivity contribution in [3.8, 4) is 0 Å². The zero-order valence-corrected chi connectivity index (χ0v) is 19.6. The van der Waals surface area contributed by atoms with Crippen molar-refractivity contribution in [3.63, 3.8) is 0 Å². The predicted molar refractivity (Wildman–Crippen MR) is 124 cm³/mol. The lowest BCUT2D eigenvalue weighted by Gasteiger charge is -2.34. The van der Waals surface area contributed by atoms with Gasteiger partial charge in [0.1, 0.15) is 0 Å². The molecule has 1 fully saturated rings. The number of benzene rings is 2. The maximum absolute atomic E-state index is 13.1. The predicted octanol–water partition coefficient (Wildman–Crippen LogP) is 3.51. The van der Waals surface area contributed by atoms with E-state index in [4.69, 9.17) is 9.15 Å². The van der Waals surface area contributed by atoms with Crippen LogP contribution in [0.1, 0.15) is 37.0 Å². The van der Waals surface area contributed by atoms with Gasteiger partial charge in [0.2, 0.25) is 10.0 Å². The molecule has 1 saturated heterocycles. The Morgan fingerprint density at radius 1 is 1.09 bits per heavy atom. The van der Waals surface area contributed by atoms with Gasteiger partial charge in [0.05, 0.1) is 22.6 Å². The van der Waals surface area contributed by atoms with Crippen molar-refractivity contribution in [1.82, 2.24) is 8.87 Å². The molecule has 2 aromatic carbocycles. The van der Waals surface area contributed by atoms with Crippen molar-refractivity contribution in [2.24, 2.45) is 11.8 Å². The van der Waals surface area contributed by atoms with E-state index in [0.29, 0.717) is 37.2 Å². The first-order valence-corrected chi connectivity index (χ1v) is 12.6. The molecule has 2 heterocycles. The van der Waals surface area contributed by atoms with Crippen molar-refractivity contribution in [1.29, 1.82) is 0 Å². The summed E-state index contributed by atoms with van der Waals surface area (Å²) in [6.45, 7) is 5.47. The number of aromatic nitrogens is 1. The second kappa shape index (κ2) is 9.52. The van der Waals surface area contributed by atoms with Gasteiger partial charge in [0.25, 0.3) is 0 Å². The second-order valence-electron chi connectivity index (χ2n) is 8.77. The number of rotatable bonds is 7. The summed E-state index contributed by atoms with van der Waals surface area (Å²) in [7, 11) is -3.69. The van der Waals surface area contributed by atoms with Gasteiger partial charge < -0.3 is 9.15 Å². The van der Waals surface area contributed by atoms with E-state index >= 15 is 0 Å². The molecule has 33 heavy (non-hydrogen) atoms. The van der Waals surface area contributed by atoms with Crippen molar-refractivity contribution in [2.75, 3.05) is 19.7 Å². The molecule has 4 rings (SSSR count). The Morgan fingerprint density at radius 3 is 2.58 bits per heavy atom. The van der Waals surface area contributed by atoms with Crippen LogP contribution >= 0.6 is 0 Å². The molecule has 0 bridgehead atoms. The molecular weight excluding hydrogens is 444 g/mol. The van der Waals surface area contributed by atoms with Gasteiger partial charge in [-0.3, -0.25) is 4.57 Å². The van der Waals surface area contributed by atoms with E-state index in [1.807, 2.05) is 19.9 Å². The van der Waals surface area contributed by atoms with Gasteiger partial charge in [-0.05, 0) is 55.0 Å². The van der Waals surface area contributed by atoms with Gasteiger partial charge in [-0.25, -0.2) is 18.0 Å². The number of aryl methyl sites for hydroxylation is 1. The minimum Gasteiger partial charge on any atom is -0.462 e. The monoisotopic (exact) mass is 472 g/mol. The molecule has 0 N–H and O–H groups in total. The van der Waals surface area contributed by atoms with Crippen LogP contribution in [0.5, 0.6) is 0 Å². The number of para-hydroxylation sites is 2. The number of nitrogens with zero attached hydrogens (tertiary/aromatic N) is 2. The highest BCUT2D eigenvalue weighted by molar-refractivity contribution is 7.89. The van der Waals surface area contributed by atoms with Crippen molar-refractivity contribution < 1.29 is 22.4 Å². The van der Waals surface area contributed by atoms with E-state index in [1.165, 1.54) is 27.1 Å². The van der Waals surface area contributed by atoms with Crippen LogP contribution in [-0.4, -0.2) is 43.0 Å². The molecule has 0 radical (unpaired) electrons. The third-order valence-electron chi connectivity index (χ3n) is 5.88. The molecule has 3 aromatic rings. The number of oxazole rings is 1. The molecule has 0 aliphatic carbocycles. The highest BCUT2D eigenvalue weighted by atomic mass is 32.2. The second-order valence-corrected chi connectivity index (χ2v) is 10.7. The normalized spacial score (nSPS) is 19.6. The Hall–Kier alpha value is -2.91. The SMILES string of the molecule is CC1CC(C)CN(S(=O)(=O)c2cccc(C(=O)OCCCn3c(=O)oc4ccccc43)c2)C1.